The number of nitrogens with two attached hydrogens (primary N) is 1. The van der Waals surface area contributed by atoms with Gasteiger partial charge in [-0.3, -0.25) is 15.4 Å². The van der Waals surface area contributed by atoms with Gasteiger partial charge in [0.1, 0.15) is 0 Å². The van der Waals surface area contributed by atoms with E-state index in [4.69, 9.17) is 5.73 Å². The van der Waals surface area contributed by atoms with Crippen LogP contribution in [0.1, 0.15) is 36.9 Å². The first-order chi connectivity index (χ1) is 9.08. The van der Waals surface area contributed by atoms with Gasteiger partial charge in [-0.15, -0.1) is 0 Å². The summed E-state index contributed by atoms with van der Waals surface area (Å²) < 4.78 is 0. The van der Waals surface area contributed by atoms with Crippen LogP contribution in [0.3, 0.4) is 0 Å². The number of hydrogen-bond donors (Lipinski definition) is 3. The second-order valence-electron chi connectivity index (χ2n) is 4.89. The van der Waals surface area contributed by atoms with Gasteiger partial charge in [-0.1, -0.05) is 24.3 Å². The highest BCUT2D eigenvalue weighted by molar-refractivity contribution is 5.96. The molecule has 2 atom stereocenters. The van der Waals surface area contributed by atoms with Crippen molar-refractivity contribution in [2.75, 3.05) is 0 Å². The van der Waals surface area contributed by atoms with E-state index in [1.165, 1.54) is 11.1 Å². The summed E-state index contributed by atoms with van der Waals surface area (Å²) >= 11 is 0. The molecule has 0 saturated heterocycles. The molecule has 1 aliphatic carbocycles. The third-order valence-corrected chi connectivity index (χ3v) is 3.46. The second-order valence-corrected chi connectivity index (χ2v) is 4.89. The first kappa shape index (κ1) is 13.5. The zero-order chi connectivity index (χ0) is 13.8. The highest BCUT2D eigenvalue weighted by Gasteiger charge is 2.23. The summed E-state index contributed by atoms with van der Waals surface area (Å²) in [5.74, 6) is -0.393. The highest BCUT2D eigenvalue weighted by atomic mass is 16.2. The molecular formula is C14H19N3O2. The van der Waals surface area contributed by atoms with Crippen molar-refractivity contribution in [2.45, 2.75) is 38.3 Å². The second kappa shape index (κ2) is 5.84. The van der Waals surface area contributed by atoms with Crippen molar-refractivity contribution in [1.29, 1.82) is 0 Å². The molecule has 19 heavy (non-hydrogen) atoms. The van der Waals surface area contributed by atoms with E-state index in [0.29, 0.717) is 0 Å². The van der Waals surface area contributed by atoms with Gasteiger partial charge in [0.05, 0.1) is 6.04 Å². The van der Waals surface area contributed by atoms with Crippen molar-refractivity contribution in [1.82, 2.24) is 10.6 Å². The monoisotopic (exact) mass is 261 g/mol. The summed E-state index contributed by atoms with van der Waals surface area (Å²) in [6.07, 6.45) is 3.17. The van der Waals surface area contributed by atoms with E-state index in [2.05, 4.69) is 22.8 Å². The van der Waals surface area contributed by atoms with Crippen LogP contribution in [0.2, 0.25) is 0 Å². The van der Waals surface area contributed by atoms with E-state index in [-0.39, 0.29) is 6.04 Å². The third-order valence-electron chi connectivity index (χ3n) is 3.46. The molecule has 0 aromatic heterocycles. The molecule has 1 aromatic rings. The van der Waals surface area contributed by atoms with Crippen molar-refractivity contribution in [3.8, 4) is 0 Å². The Morgan fingerprint density at radius 1 is 1.37 bits per heavy atom. The summed E-state index contributed by atoms with van der Waals surface area (Å²) in [7, 11) is 0. The molecule has 1 aromatic carbocycles. The van der Waals surface area contributed by atoms with E-state index < -0.39 is 18.0 Å². The van der Waals surface area contributed by atoms with Gasteiger partial charge in [0.2, 0.25) is 5.91 Å². The summed E-state index contributed by atoms with van der Waals surface area (Å²) in [6.45, 7) is 1.73. The van der Waals surface area contributed by atoms with Gasteiger partial charge in [0.15, 0.2) is 0 Å². The molecule has 2 rings (SSSR count). The lowest BCUT2D eigenvalue weighted by molar-refractivity contribution is -0.121. The zero-order valence-electron chi connectivity index (χ0n) is 11.0. The van der Waals surface area contributed by atoms with Crippen LogP contribution in [0.25, 0.3) is 0 Å². The summed E-state index contributed by atoms with van der Waals surface area (Å²) in [5, 5.41) is 5.35. The smallest absolute Gasteiger partial charge is 0.318 e. The largest absolute Gasteiger partial charge is 0.351 e. The summed E-state index contributed by atoms with van der Waals surface area (Å²) in [6, 6.07) is 7.13. The molecule has 0 saturated carbocycles. The van der Waals surface area contributed by atoms with Crippen LogP contribution in [0.15, 0.2) is 24.3 Å². The predicted octanol–water partition coefficient (Wildman–Crippen LogP) is 1.24. The molecule has 0 radical (unpaired) electrons. The van der Waals surface area contributed by atoms with Gasteiger partial charge < -0.3 is 5.73 Å². The number of urea groups is 1. The van der Waals surface area contributed by atoms with E-state index in [0.717, 1.165) is 19.3 Å². The van der Waals surface area contributed by atoms with Gasteiger partial charge in [-0.05, 0) is 37.3 Å². The van der Waals surface area contributed by atoms with Gasteiger partial charge in [-0.2, -0.15) is 0 Å². The topological polar surface area (TPSA) is 84.2 Å². The number of imide groups is 1. The van der Waals surface area contributed by atoms with Crippen LogP contribution < -0.4 is 16.4 Å². The number of aryl methyl sites for hydroxylation is 1. The fraction of sp³-hybridized carbons (Fsp3) is 0.429. The lowest BCUT2D eigenvalue weighted by atomic mass is 9.87. The molecule has 5 heteroatoms. The molecule has 3 amide bonds. The number of hydrogen-bond acceptors (Lipinski definition) is 3. The molecule has 0 heterocycles. The van der Waals surface area contributed by atoms with Gasteiger partial charge in [0, 0.05) is 6.04 Å². The molecule has 4 N–H and O–H groups in total. The van der Waals surface area contributed by atoms with Crippen molar-refractivity contribution >= 4 is 11.9 Å². The molecular weight excluding hydrogens is 242 g/mol. The van der Waals surface area contributed by atoms with Gasteiger partial charge in [-0.25, -0.2) is 4.79 Å². The van der Waals surface area contributed by atoms with Crippen LogP contribution in [-0.4, -0.2) is 18.0 Å². The van der Waals surface area contributed by atoms with Crippen molar-refractivity contribution in [3.63, 3.8) is 0 Å². The zero-order valence-corrected chi connectivity index (χ0v) is 11.0. The highest BCUT2D eigenvalue weighted by Crippen LogP contribution is 2.29. The Labute approximate surface area is 112 Å². The van der Waals surface area contributed by atoms with Crippen LogP contribution in [0.5, 0.6) is 0 Å². The maximum Gasteiger partial charge on any atom is 0.318 e. The van der Waals surface area contributed by atoms with E-state index in [1.54, 1.807) is 6.92 Å². The Balaban J connectivity index is 2.04. The van der Waals surface area contributed by atoms with E-state index in [1.807, 2.05) is 12.1 Å². The average Bonchev–Trinajstić information content (AvgIpc) is 2.38. The first-order valence-corrected chi connectivity index (χ1v) is 6.52. The molecule has 102 valence electrons. The SMILES string of the molecule is C[C@@H](N[C@@H]1CCCc2ccccc21)C(=O)NC(N)=O. The third kappa shape index (κ3) is 3.32. The Morgan fingerprint density at radius 3 is 2.84 bits per heavy atom. The number of fused-ring (bicyclic) bond motifs is 1. The maximum absolute atomic E-state index is 11.7. The molecule has 0 aliphatic heterocycles. The lowest BCUT2D eigenvalue weighted by Crippen LogP contribution is -2.47. The molecule has 1 aliphatic rings. The van der Waals surface area contributed by atoms with Gasteiger partial charge >= 0.3 is 6.03 Å². The minimum absolute atomic E-state index is 0.151. The van der Waals surface area contributed by atoms with Crippen molar-refractivity contribution in [3.05, 3.63) is 35.4 Å². The number of rotatable bonds is 3. The van der Waals surface area contributed by atoms with Crippen molar-refractivity contribution < 1.29 is 9.59 Å². The average molecular weight is 261 g/mol. The number of carbonyl (C=O) groups excluding carboxylic acids is 2. The minimum atomic E-state index is -0.817. The van der Waals surface area contributed by atoms with Gasteiger partial charge in [0.25, 0.3) is 0 Å². The van der Waals surface area contributed by atoms with Crippen LogP contribution in [-0.2, 0) is 11.2 Å². The Hall–Kier alpha value is -1.88. The lowest BCUT2D eigenvalue weighted by Gasteiger charge is -2.28. The van der Waals surface area contributed by atoms with Crippen molar-refractivity contribution in [2.24, 2.45) is 5.73 Å². The predicted molar refractivity (Wildman–Crippen MR) is 72.4 cm³/mol. The van der Waals surface area contributed by atoms with E-state index in [9.17, 15) is 9.59 Å². The Morgan fingerprint density at radius 2 is 2.11 bits per heavy atom. The number of nitrogens with one attached hydrogen (secondary N) is 2. The molecule has 5 nitrogen and oxygen atoms in total. The number of benzene rings is 1. The fourth-order valence-corrected chi connectivity index (χ4v) is 2.53. The van der Waals surface area contributed by atoms with Crippen LogP contribution >= 0.6 is 0 Å². The first-order valence-electron chi connectivity index (χ1n) is 6.52. The summed E-state index contributed by atoms with van der Waals surface area (Å²) in [4.78, 5) is 22.3. The molecule has 0 bridgehead atoms. The minimum Gasteiger partial charge on any atom is -0.351 e. The molecule has 0 spiro atoms. The number of carbonyl (C=O) groups is 2. The molecule has 0 unspecified atom stereocenters. The quantitative estimate of drug-likeness (QED) is 0.765. The van der Waals surface area contributed by atoms with E-state index >= 15 is 0 Å². The normalized spacial score (nSPS) is 19.3. The number of amides is 3. The van der Waals surface area contributed by atoms with Crippen LogP contribution in [0.4, 0.5) is 4.79 Å². The number of primary amides is 1. The maximum atomic E-state index is 11.7. The Kier molecular flexibility index (Phi) is 4.16. The molecule has 0 fully saturated rings. The van der Waals surface area contributed by atoms with Crippen LogP contribution in [0, 0.1) is 0 Å². The Bertz CT molecular complexity index is 487. The summed E-state index contributed by atoms with van der Waals surface area (Å²) in [5.41, 5.74) is 7.51. The fourth-order valence-electron chi connectivity index (χ4n) is 2.53. The standard InChI is InChI=1S/C14H19N3O2/c1-9(13(18)17-14(15)19)16-12-8-4-6-10-5-2-3-7-11(10)12/h2-3,5,7,9,12,16H,4,6,8H2,1H3,(H3,15,17,18,19)/t9-,12-/m1/s1.